The highest BCUT2D eigenvalue weighted by Gasteiger charge is 2.40. The minimum Gasteiger partial charge on any atom is -0.431 e. The Bertz CT molecular complexity index is 1070. The second kappa shape index (κ2) is 8.77. The van der Waals surface area contributed by atoms with E-state index in [-0.39, 0.29) is 5.91 Å². The van der Waals surface area contributed by atoms with Crippen molar-refractivity contribution in [2.45, 2.75) is 57.2 Å². The number of nitrogens with one attached hydrogen (secondary N) is 1. The molecule has 31 heavy (non-hydrogen) atoms. The first kappa shape index (κ1) is 20.7. The van der Waals surface area contributed by atoms with E-state index in [1.165, 1.54) is 29.7 Å². The van der Waals surface area contributed by atoms with Gasteiger partial charge in [0.15, 0.2) is 0 Å². The molecule has 5 nitrogen and oxygen atoms in total. The average Bonchev–Trinajstić information content (AvgIpc) is 3.23. The number of aromatic nitrogens is 1. The molecule has 1 aromatic heterocycles. The zero-order chi connectivity index (χ0) is 21.4. The first-order chi connectivity index (χ1) is 15.0. The van der Waals surface area contributed by atoms with Crippen LogP contribution in [0.2, 0.25) is 5.02 Å². The molecule has 3 heterocycles. The molecule has 2 saturated heterocycles. The first-order valence-corrected chi connectivity index (χ1v) is 12.1. The lowest BCUT2D eigenvalue weighted by molar-refractivity contribution is -0.120. The molecule has 162 valence electrons. The maximum Gasteiger partial charge on any atom is 0.279 e. The van der Waals surface area contributed by atoms with Crippen LogP contribution in [0.4, 0.5) is 0 Å². The number of rotatable bonds is 6. The Morgan fingerprint density at radius 3 is 2.65 bits per heavy atom. The van der Waals surface area contributed by atoms with Gasteiger partial charge in [-0.3, -0.25) is 9.69 Å². The molecule has 2 fully saturated rings. The SMILES string of the molecule is CC(=O)NC1C[C@H]2CC[C@@H](C1)N2CCc1ccc(Oc2nc3ccc(Cl)cc3s2)cc1. The Morgan fingerprint density at radius 2 is 1.94 bits per heavy atom. The fourth-order valence-corrected chi connectivity index (χ4v) is 6.16. The van der Waals surface area contributed by atoms with Crippen LogP contribution >= 0.6 is 22.9 Å². The Hall–Kier alpha value is -2.15. The second-order valence-electron chi connectivity index (χ2n) is 8.58. The molecule has 2 aromatic carbocycles. The van der Waals surface area contributed by atoms with Crippen molar-refractivity contribution in [3.05, 3.63) is 53.1 Å². The number of piperidine rings is 1. The quantitative estimate of drug-likeness (QED) is 0.539. The molecule has 0 aliphatic carbocycles. The van der Waals surface area contributed by atoms with Gasteiger partial charge in [0.05, 0.1) is 10.2 Å². The minimum absolute atomic E-state index is 0.0924. The Kier molecular flexibility index (Phi) is 5.87. The molecule has 0 saturated carbocycles. The molecule has 3 atom stereocenters. The predicted molar refractivity (Wildman–Crippen MR) is 125 cm³/mol. The molecule has 2 aliphatic rings. The fraction of sp³-hybridized carbons (Fsp3) is 0.417. The summed E-state index contributed by atoms with van der Waals surface area (Å²) in [6, 6.07) is 15.6. The van der Waals surface area contributed by atoms with E-state index in [1.54, 1.807) is 6.92 Å². The number of amides is 1. The number of ether oxygens (including phenoxy) is 1. The van der Waals surface area contributed by atoms with Crippen LogP contribution in [0.25, 0.3) is 10.2 Å². The standard InChI is InChI=1S/C24H26ClN3O2S/c1-15(29)26-18-13-19-5-6-20(14-18)28(19)11-10-16-2-7-21(8-3-16)30-24-27-22-9-4-17(25)12-23(22)31-24/h2-4,7-9,12,18-20H,5-6,10-11,13-14H2,1H3,(H,26,29)/t18?,19-,20+. The number of halogens is 1. The van der Waals surface area contributed by atoms with Crippen LogP contribution in [0, 0.1) is 0 Å². The number of carbonyl (C=O) groups excluding carboxylic acids is 1. The summed E-state index contributed by atoms with van der Waals surface area (Å²) >= 11 is 7.56. The number of thiazole rings is 1. The van der Waals surface area contributed by atoms with Crippen LogP contribution in [0.1, 0.15) is 38.2 Å². The maximum absolute atomic E-state index is 11.4. The Morgan fingerprint density at radius 1 is 1.19 bits per heavy atom. The summed E-state index contributed by atoms with van der Waals surface area (Å²) in [6.07, 6.45) is 5.69. The van der Waals surface area contributed by atoms with Gasteiger partial charge < -0.3 is 10.1 Å². The maximum atomic E-state index is 11.4. The summed E-state index contributed by atoms with van der Waals surface area (Å²) in [5, 5.41) is 4.46. The third kappa shape index (κ3) is 4.71. The van der Waals surface area contributed by atoms with Crippen LogP contribution in [0.15, 0.2) is 42.5 Å². The van der Waals surface area contributed by atoms with Gasteiger partial charge >= 0.3 is 0 Å². The molecule has 0 spiro atoms. The van der Waals surface area contributed by atoms with Crippen molar-refractivity contribution in [3.8, 4) is 10.9 Å². The van der Waals surface area contributed by atoms with Crippen LogP contribution in [-0.4, -0.2) is 40.5 Å². The monoisotopic (exact) mass is 455 g/mol. The van der Waals surface area contributed by atoms with Crippen molar-refractivity contribution in [2.75, 3.05) is 6.54 Å². The molecule has 1 amide bonds. The summed E-state index contributed by atoms with van der Waals surface area (Å²) in [4.78, 5) is 18.6. The van der Waals surface area contributed by atoms with E-state index in [0.29, 0.717) is 28.3 Å². The molecular weight excluding hydrogens is 430 g/mol. The van der Waals surface area contributed by atoms with Gasteiger partial charge in [-0.1, -0.05) is 35.1 Å². The van der Waals surface area contributed by atoms with Crippen molar-refractivity contribution in [2.24, 2.45) is 0 Å². The van der Waals surface area contributed by atoms with Gasteiger partial charge in [-0.05, 0) is 68.0 Å². The summed E-state index contributed by atoms with van der Waals surface area (Å²) in [5.41, 5.74) is 2.21. The van der Waals surface area contributed by atoms with E-state index in [1.807, 2.05) is 30.3 Å². The minimum atomic E-state index is 0.0924. The van der Waals surface area contributed by atoms with Crippen molar-refractivity contribution in [1.82, 2.24) is 15.2 Å². The highest BCUT2D eigenvalue weighted by molar-refractivity contribution is 7.20. The molecule has 3 aromatic rings. The van der Waals surface area contributed by atoms with Gasteiger partial charge in [0.2, 0.25) is 5.91 Å². The normalized spacial score (nSPS) is 23.2. The highest BCUT2D eigenvalue weighted by atomic mass is 35.5. The van der Waals surface area contributed by atoms with Crippen LogP contribution in [0.3, 0.4) is 0 Å². The highest BCUT2D eigenvalue weighted by Crippen LogP contribution is 2.36. The number of hydrogen-bond acceptors (Lipinski definition) is 5. The van der Waals surface area contributed by atoms with Gasteiger partial charge in [0, 0.05) is 36.6 Å². The van der Waals surface area contributed by atoms with Gasteiger partial charge in [-0.2, -0.15) is 0 Å². The third-order valence-corrected chi connectivity index (χ3v) is 7.54. The average molecular weight is 456 g/mol. The molecular formula is C24H26ClN3O2S. The smallest absolute Gasteiger partial charge is 0.279 e. The Balaban J connectivity index is 1.17. The van der Waals surface area contributed by atoms with Crippen molar-refractivity contribution >= 4 is 39.1 Å². The van der Waals surface area contributed by atoms with Gasteiger partial charge in [-0.15, -0.1) is 0 Å². The number of benzene rings is 2. The van der Waals surface area contributed by atoms with E-state index in [2.05, 4.69) is 27.3 Å². The van der Waals surface area contributed by atoms with E-state index >= 15 is 0 Å². The lowest BCUT2D eigenvalue weighted by atomic mass is 9.96. The molecule has 5 rings (SSSR count). The molecule has 2 aliphatic heterocycles. The van der Waals surface area contributed by atoms with Crippen molar-refractivity contribution < 1.29 is 9.53 Å². The summed E-state index contributed by atoms with van der Waals surface area (Å²) < 4.78 is 6.98. The number of carbonyl (C=O) groups is 1. The summed E-state index contributed by atoms with van der Waals surface area (Å²) in [6.45, 7) is 2.69. The van der Waals surface area contributed by atoms with E-state index in [9.17, 15) is 4.79 Å². The van der Waals surface area contributed by atoms with E-state index in [4.69, 9.17) is 16.3 Å². The molecule has 7 heteroatoms. The van der Waals surface area contributed by atoms with Gasteiger partial charge in [0.25, 0.3) is 5.19 Å². The number of nitrogens with zero attached hydrogens (tertiary/aromatic N) is 2. The van der Waals surface area contributed by atoms with Crippen molar-refractivity contribution in [3.63, 3.8) is 0 Å². The molecule has 1 unspecified atom stereocenters. The topological polar surface area (TPSA) is 54.5 Å². The summed E-state index contributed by atoms with van der Waals surface area (Å²) in [5.74, 6) is 0.889. The first-order valence-electron chi connectivity index (χ1n) is 10.9. The van der Waals surface area contributed by atoms with Gasteiger partial charge in [-0.25, -0.2) is 4.98 Å². The van der Waals surface area contributed by atoms with Crippen LogP contribution < -0.4 is 10.1 Å². The third-order valence-electron chi connectivity index (χ3n) is 6.41. The van der Waals surface area contributed by atoms with Gasteiger partial charge in [0.1, 0.15) is 5.75 Å². The number of hydrogen-bond donors (Lipinski definition) is 1. The predicted octanol–water partition coefficient (Wildman–Crippen LogP) is 5.42. The molecule has 1 N–H and O–H groups in total. The largest absolute Gasteiger partial charge is 0.431 e. The lowest BCUT2D eigenvalue weighted by Gasteiger charge is -2.39. The number of fused-ring (bicyclic) bond motifs is 3. The molecule has 2 bridgehead atoms. The second-order valence-corrected chi connectivity index (χ2v) is 10.0. The van der Waals surface area contributed by atoms with E-state index in [0.717, 1.165) is 41.8 Å². The Labute approximate surface area is 191 Å². The van der Waals surface area contributed by atoms with Crippen LogP contribution in [0.5, 0.6) is 10.9 Å². The summed E-state index contributed by atoms with van der Waals surface area (Å²) in [7, 11) is 0. The molecule has 0 radical (unpaired) electrons. The zero-order valence-electron chi connectivity index (χ0n) is 17.5. The lowest BCUT2D eigenvalue weighted by Crippen LogP contribution is -2.50. The van der Waals surface area contributed by atoms with Crippen molar-refractivity contribution in [1.29, 1.82) is 0 Å². The zero-order valence-corrected chi connectivity index (χ0v) is 19.1. The van der Waals surface area contributed by atoms with Crippen LogP contribution in [-0.2, 0) is 11.2 Å². The van der Waals surface area contributed by atoms with E-state index < -0.39 is 0 Å². The fourth-order valence-electron chi connectivity index (χ4n) is 5.05.